The largest absolute Gasteiger partial charge is 0.430 e. The second-order valence-electron chi connectivity index (χ2n) is 2.05. The highest BCUT2D eigenvalue weighted by Gasteiger charge is 2.04. The lowest BCUT2D eigenvalue weighted by Gasteiger charge is -1.86. The molecule has 1 aromatic heterocycles. The predicted molar refractivity (Wildman–Crippen MR) is 51.7 cm³/mol. The Labute approximate surface area is 81.7 Å². The van der Waals surface area contributed by atoms with Crippen molar-refractivity contribution in [3.63, 3.8) is 0 Å². The van der Waals surface area contributed by atoms with Crippen LogP contribution < -0.4 is 0 Å². The van der Waals surface area contributed by atoms with Gasteiger partial charge >= 0.3 is 0 Å². The lowest BCUT2D eigenvalue weighted by Crippen LogP contribution is -1.67. The topological polar surface area (TPSA) is 26.0 Å². The molecule has 0 spiro atoms. The number of rotatable bonds is 0. The molecule has 11 heavy (non-hydrogen) atoms. The molecule has 0 amide bonds. The first-order valence-electron chi connectivity index (χ1n) is 2.98. The predicted octanol–water partition coefficient (Wildman–Crippen LogP) is 3.09. The van der Waals surface area contributed by atoms with Crippen molar-refractivity contribution in [1.82, 2.24) is 4.98 Å². The van der Waals surface area contributed by atoms with Crippen LogP contribution in [0.5, 0.6) is 0 Å². The highest BCUT2D eigenvalue weighted by molar-refractivity contribution is 14.1. The SMILES string of the molecule is Clc1cccc2nc(I)oc12. The summed E-state index contributed by atoms with van der Waals surface area (Å²) in [5, 5.41) is 0.609. The average Bonchev–Trinajstić information content (AvgIpc) is 2.31. The number of benzene rings is 1. The molecule has 0 atom stereocenters. The Morgan fingerprint density at radius 2 is 2.27 bits per heavy atom. The fraction of sp³-hybridized carbons (Fsp3) is 0. The molecule has 4 heteroatoms. The molecule has 1 heterocycles. The molecule has 1 aromatic carbocycles. The number of para-hydroxylation sites is 1. The molecule has 2 nitrogen and oxygen atoms in total. The van der Waals surface area contributed by atoms with Gasteiger partial charge in [0.05, 0.1) is 5.02 Å². The van der Waals surface area contributed by atoms with E-state index in [1.54, 1.807) is 6.07 Å². The molecule has 0 N–H and O–H groups in total. The number of nitrogens with zero attached hydrogens (tertiary/aromatic N) is 1. The molecule has 0 bridgehead atoms. The molecular formula is C7H3ClINO. The zero-order valence-electron chi connectivity index (χ0n) is 5.34. The van der Waals surface area contributed by atoms with Gasteiger partial charge in [-0.15, -0.1) is 0 Å². The van der Waals surface area contributed by atoms with Crippen LogP contribution in [0.4, 0.5) is 0 Å². The summed E-state index contributed by atoms with van der Waals surface area (Å²) in [7, 11) is 0. The zero-order chi connectivity index (χ0) is 7.84. The maximum absolute atomic E-state index is 5.83. The molecule has 0 radical (unpaired) electrons. The third-order valence-corrected chi connectivity index (χ3v) is 2.10. The highest BCUT2D eigenvalue weighted by Crippen LogP contribution is 2.24. The number of aromatic nitrogens is 1. The molecule has 56 valence electrons. The summed E-state index contributed by atoms with van der Waals surface area (Å²) in [6.07, 6.45) is 0. The van der Waals surface area contributed by atoms with Crippen LogP contribution >= 0.6 is 34.2 Å². The quantitative estimate of drug-likeness (QED) is 0.693. The molecule has 0 unspecified atom stereocenters. The van der Waals surface area contributed by atoms with E-state index in [9.17, 15) is 0 Å². The maximum atomic E-state index is 5.83. The molecule has 0 saturated heterocycles. The van der Waals surface area contributed by atoms with Crippen molar-refractivity contribution in [2.45, 2.75) is 0 Å². The monoisotopic (exact) mass is 279 g/mol. The smallest absolute Gasteiger partial charge is 0.258 e. The summed E-state index contributed by atoms with van der Waals surface area (Å²) in [5.41, 5.74) is 1.47. The van der Waals surface area contributed by atoms with Crippen LogP contribution in [0.1, 0.15) is 0 Å². The number of hydrogen-bond acceptors (Lipinski definition) is 2. The standard InChI is InChI=1S/C7H3ClINO/c8-4-2-1-3-5-6(4)11-7(9)10-5/h1-3H. The van der Waals surface area contributed by atoms with Gasteiger partial charge in [-0.2, -0.15) is 0 Å². The molecule has 0 aliphatic heterocycles. The van der Waals surface area contributed by atoms with E-state index in [0.29, 0.717) is 14.5 Å². The molecule has 0 fully saturated rings. The van der Waals surface area contributed by atoms with Crippen molar-refractivity contribution < 1.29 is 4.42 Å². The summed E-state index contributed by atoms with van der Waals surface area (Å²) in [5.74, 6) is 0. The Morgan fingerprint density at radius 1 is 1.45 bits per heavy atom. The molecule has 0 saturated carbocycles. The van der Waals surface area contributed by atoms with Crippen molar-refractivity contribution in [2.75, 3.05) is 0 Å². The van der Waals surface area contributed by atoms with Gasteiger partial charge in [-0.1, -0.05) is 17.7 Å². The normalized spacial score (nSPS) is 10.7. The van der Waals surface area contributed by atoms with Gasteiger partial charge in [-0.05, 0) is 12.1 Å². The summed E-state index contributed by atoms with van der Waals surface area (Å²) in [6, 6.07) is 5.50. The van der Waals surface area contributed by atoms with Crippen molar-refractivity contribution in [3.05, 3.63) is 27.1 Å². The van der Waals surface area contributed by atoms with Gasteiger partial charge in [0.15, 0.2) is 5.58 Å². The molecule has 0 aliphatic rings. The minimum absolute atomic E-state index is 0.609. The fourth-order valence-electron chi connectivity index (χ4n) is 0.888. The Bertz CT molecular complexity index is 398. The zero-order valence-corrected chi connectivity index (χ0v) is 8.26. The second-order valence-corrected chi connectivity index (χ2v) is 3.38. The van der Waals surface area contributed by atoms with Gasteiger partial charge < -0.3 is 4.42 Å². The number of halogens is 2. The van der Waals surface area contributed by atoms with Crippen LogP contribution in [0.25, 0.3) is 11.1 Å². The van der Waals surface area contributed by atoms with Crippen LogP contribution in [-0.4, -0.2) is 4.98 Å². The van der Waals surface area contributed by atoms with Crippen molar-refractivity contribution >= 4 is 45.3 Å². The van der Waals surface area contributed by atoms with Gasteiger partial charge in [0.2, 0.25) is 0 Å². The third kappa shape index (κ3) is 1.22. The van der Waals surface area contributed by atoms with E-state index in [1.807, 2.05) is 34.7 Å². The first kappa shape index (κ1) is 7.36. The van der Waals surface area contributed by atoms with E-state index >= 15 is 0 Å². The second kappa shape index (κ2) is 2.64. The minimum atomic E-state index is 0.609. The minimum Gasteiger partial charge on any atom is -0.430 e. The number of oxazole rings is 1. The molecular weight excluding hydrogens is 276 g/mol. The van der Waals surface area contributed by atoms with E-state index in [-0.39, 0.29) is 0 Å². The first-order chi connectivity index (χ1) is 5.27. The van der Waals surface area contributed by atoms with E-state index in [0.717, 1.165) is 5.52 Å². The summed E-state index contributed by atoms with van der Waals surface area (Å²) < 4.78 is 5.86. The Morgan fingerprint density at radius 3 is 3.00 bits per heavy atom. The van der Waals surface area contributed by atoms with E-state index in [2.05, 4.69) is 4.98 Å². The van der Waals surface area contributed by atoms with Crippen molar-refractivity contribution in [3.8, 4) is 0 Å². The van der Waals surface area contributed by atoms with Crippen molar-refractivity contribution in [1.29, 1.82) is 0 Å². The van der Waals surface area contributed by atoms with Crippen molar-refractivity contribution in [2.24, 2.45) is 0 Å². The summed E-state index contributed by atoms with van der Waals surface area (Å²) >= 11 is 7.85. The van der Waals surface area contributed by atoms with E-state index in [1.165, 1.54) is 0 Å². The maximum Gasteiger partial charge on any atom is 0.258 e. The van der Waals surface area contributed by atoms with Crippen LogP contribution in [-0.2, 0) is 0 Å². The van der Waals surface area contributed by atoms with Crippen LogP contribution in [0.15, 0.2) is 22.6 Å². The fourth-order valence-corrected chi connectivity index (χ4v) is 1.58. The van der Waals surface area contributed by atoms with E-state index < -0.39 is 0 Å². The molecule has 2 aromatic rings. The Hall–Kier alpha value is -0.290. The lowest BCUT2D eigenvalue weighted by atomic mass is 10.3. The number of hydrogen-bond donors (Lipinski definition) is 0. The van der Waals surface area contributed by atoms with E-state index in [4.69, 9.17) is 16.0 Å². The van der Waals surface area contributed by atoms with Gasteiger partial charge in [0.1, 0.15) is 5.52 Å². The summed E-state index contributed by atoms with van der Waals surface area (Å²) in [4.78, 5) is 4.11. The Kier molecular flexibility index (Phi) is 1.77. The average molecular weight is 279 g/mol. The molecule has 0 aliphatic carbocycles. The van der Waals surface area contributed by atoms with Crippen LogP contribution in [0, 0.1) is 3.90 Å². The van der Waals surface area contributed by atoms with Gasteiger partial charge in [0, 0.05) is 22.6 Å². The van der Waals surface area contributed by atoms with Crippen LogP contribution in [0.3, 0.4) is 0 Å². The highest BCUT2D eigenvalue weighted by atomic mass is 127. The lowest BCUT2D eigenvalue weighted by molar-refractivity contribution is 0.566. The third-order valence-electron chi connectivity index (χ3n) is 1.34. The van der Waals surface area contributed by atoms with Crippen LogP contribution in [0.2, 0.25) is 5.02 Å². The van der Waals surface area contributed by atoms with Gasteiger partial charge in [-0.25, -0.2) is 4.98 Å². The number of fused-ring (bicyclic) bond motifs is 1. The first-order valence-corrected chi connectivity index (χ1v) is 4.43. The summed E-state index contributed by atoms with van der Waals surface area (Å²) in [6.45, 7) is 0. The Balaban J connectivity index is 2.90. The van der Waals surface area contributed by atoms with Gasteiger partial charge in [0.25, 0.3) is 3.90 Å². The van der Waals surface area contributed by atoms with Gasteiger partial charge in [-0.3, -0.25) is 0 Å². The molecule has 2 rings (SSSR count).